The van der Waals surface area contributed by atoms with Gasteiger partial charge in [0, 0.05) is 5.69 Å². The number of halogens is 1. The summed E-state index contributed by atoms with van der Waals surface area (Å²) in [5, 5.41) is 5.37. The summed E-state index contributed by atoms with van der Waals surface area (Å²) in [5.74, 6) is -0.477. The minimum atomic E-state index is -0.627. The topological polar surface area (TPSA) is 84.2 Å². The van der Waals surface area contributed by atoms with Crippen molar-refractivity contribution in [1.29, 1.82) is 0 Å². The lowest BCUT2D eigenvalue weighted by molar-refractivity contribution is -0.127. The first-order chi connectivity index (χ1) is 9.45. The molecular formula is C15H24ClN3O2. The van der Waals surface area contributed by atoms with E-state index < -0.39 is 12.1 Å². The highest BCUT2D eigenvalue weighted by atomic mass is 35.5. The van der Waals surface area contributed by atoms with Crippen LogP contribution in [0.5, 0.6) is 0 Å². The quantitative estimate of drug-likeness (QED) is 0.750. The van der Waals surface area contributed by atoms with Crippen molar-refractivity contribution in [1.82, 2.24) is 5.32 Å². The first-order valence-electron chi connectivity index (χ1n) is 6.87. The smallest absolute Gasteiger partial charge is 0.246 e. The summed E-state index contributed by atoms with van der Waals surface area (Å²) in [7, 11) is 0. The lowest BCUT2D eigenvalue weighted by Gasteiger charge is -2.20. The highest BCUT2D eigenvalue weighted by molar-refractivity contribution is 5.97. The van der Waals surface area contributed by atoms with Crippen LogP contribution >= 0.6 is 12.4 Å². The average molecular weight is 314 g/mol. The van der Waals surface area contributed by atoms with Gasteiger partial charge in [-0.2, -0.15) is 0 Å². The van der Waals surface area contributed by atoms with Gasteiger partial charge in [-0.1, -0.05) is 38.5 Å². The minimum Gasteiger partial charge on any atom is -0.343 e. The Labute approximate surface area is 132 Å². The van der Waals surface area contributed by atoms with E-state index in [0.717, 1.165) is 6.42 Å². The monoisotopic (exact) mass is 313 g/mol. The summed E-state index contributed by atoms with van der Waals surface area (Å²) < 4.78 is 0. The number of amides is 2. The fraction of sp³-hybridized carbons (Fsp3) is 0.467. The van der Waals surface area contributed by atoms with Crippen molar-refractivity contribution in [2.24, 2.45) is 11.7 Å². The van der Waals surface area contributed by atoms with Crippen molar-refractivity contribution in [3.8, 4) is 0 Å². The van der Waals surface area contributed by atoms with Crippen molar-refractivity contribution >= 4 is 29.9 Å². The Morgan fingerprint density at radius 1 is 1.14 bits per heavy atom. The molecule has 0 saturated carbocycles. The standard InChI is InChI=1S/C15H23N3O2.ClH/c1-4-10(2)13(16)15(20)17-11(3)14(19)18-12-8-6-5-7-9-12;/h5-11,13H,4,16H2,1-3H3,(H,17,20)(H,18,19);1H. The maximum Gasteiger partial charge on any atom is 0.246 e. The molecule has 3 unspecified atom stereocenters. The normalized spacial score (nSPS) is 14.3. The van der Waals surface area contributed by atoms with E-state index in [0.29, 0.717) is 5.69 Å². The van der Waals surface area contributed by atoms with Crippen molar-refractivity contribution in [2.75, 3.05) is 5.32 Å². The van der Waals surface area contributed by atoms with Crippen LogP contribution in [0.1, 0.15) is 27.2 Å². The molecule has 1 aromatic rings. The number of carbonyl (C=O) groups excluding carboxylic acids is 2. The third kappa shape index (κ3) is 6.14. The maximum atomic E-state index is 11.9. The molecule has 6 heteroatoms. The van der Waals surface area contributed by atoms with E-state index in [4.69, 9.17) is 5.73 Å². The van der Waals surface area contributed by atoms with Crippen LogP contribution < -0.4 is 16.4 Å². The molecule has 0 aliphatic heterocycles. The molecule has 0 spiro atoms. The van der Waals surface area contributed by atoms with Gasteiger partial charge >= 0.3 is 0 Å². The summed E-state index contributed by atoms with van der Waals surface area (Å²) in [6.07, 6.45) is 0.819. The van der Waals surface area contributed by atoms with E-state index in [1.54, 1.807) is 19.1 Å². The molecule has 1 aromatic carbocycles. The van der Waals surface area contributed by atoms with Crippen LogP contribution in [0.25, 0.3) is 0 Å². The van der Waals surface area contributed by atoms with Crippen LogP contribution in [0.2, 0.25) is 0 Å². The maximum absolute atomic E-state index is 11.9. The van der Waals surface area contributed by atoms with Crippen LogP contribution in [0.4, 0.5) is 5.69 Å². The Morgan fingerprint density at radius 2 is 1.71 bits per heavy atom. The molecule has 0 aromatic heterocycles. The van der Waals surface area contributed by atoms with Crippen LogP contribution in [0.15, 0.2) is 30.3 Å². The van der Waals surface area contributed by atoms with Gasteiger partial charge in [0.05, 0.1) is 6.04 Å². The SMILES string of the molecule is CCC(C)C(N)C(=O)NC(C)C(=O)Nc1ccccc1.Cl. The molecule has 0 saturated heterocycles. The fourth-order valence-electron chi connectivity index (χ4n) is 1.66. The zero-order valence-electron chi connectivity index (χ0n) is 12.6. The molecule has 0 aliphatic rings. The first-order valence-corrected chi connectivity index (χ1v) is 6.87. The van der Waals surface area contributed by atoms with E-state index in [-0.39, 0.29) is 30.1 Å². The molecule has 0 radical (unpaired) electrons. The van der Waals surface area contributed by atoms with Crippen molar-refractivity contribution in [2.45, 2.75) is 39.3 Å². The molecule has 2 amide bonds. The lowest BCUT2D eigenvalue weighted by atomic mass is 9.99. The third-order valence-corrected chi connectivity index (χ3v) is 3.35. The second kappa shape index (κ2) is 9.37. The minimum absolute atomic E-state index is 0. The molecule has 21 heavy (non-hydrogen) atoms. The summed E-state index contributed by atoms with van der Waals surface area (Å²) >= 11 is 0. The van der Waals surface area contributed by atoms with Crippen LogP contribution in [-0.4, -0.2) is 23.9 Å². The number of nitrogens with two attached hydrogens (primary N) is 1. The van der Waals surface area contributed by atoms with E-state index >= 15 is 0 Å². The van der Waals surface area contributed by atoms with Crippen molar-refractivity contribution in [3.05, 3.63) is 30.3 Å². The van der Waals surface area contributed by atoms with Crippen LogP contribution in [0, 0.1) is 5.92 Å². The van der Waals surface area contributed by atoms with Gasteiger partial charge in [-0.15, -0.1) is 12.4 Å². The van der Waals surface area contributed by atoms with Gasteiger partial charge in [-0.25, -0.2) is 0 Å². The van der Waals surface area contributed by atoms with E-state index in [2.05, 4.69) is 10.6 Å². The molecule has 4 N–H and O–H groups in total. The van der Waals surface area contributed by atoms with Gasteiger partial charge in [0.15, 0.2) is 0 Å². The van der Waals surface area contributed by atoms with Crippen molar-refractivity contribution < 1.29 is 9.59 Å². The summed E-state index contributed by atoms with van der Waals surface area (Å²) in [5.41, 5.74) is 6.53. The molecule has 0 aliphatic carbocycles. The van der Waals surface area contributed by atoms with Gasteiger partial charge in [0.1, 0.15) is 6.04 Å². The third-order valence-electron chi connectivity index (χ3n) is 3.35. The van der Waals surface area contributed by atoms with Gasteiger partial charge < -0.3 is 16.4 Å². The number of hydrogen-bond acceptors (Lipinski definition) is 3. The molecule has 0 fully saturated rings. The second-order valence-electron chi connectivity index (χ2n) is 5.00. The number of para-hydroxylation sites is 1. The van der Waals surface area contributed by atoms with Gasteiger partial charge in [0.25, 0.3) is 0 Å². The number of benzene rings is 1. The number of nitrogens with one attached hydrogen (secondary N) is 2. The Hall–Kier alpha value is -1.59. The number of rotatable bonds is 6. The Morgan fingerprint density at radius 3 is 2.24 bits per heavy atom. The summed E-state index contributed by atoms with van der Waals surface area (Å²) in [6.45, 7) is 5.53. The fourth-order valence-corrected chi connectivity index (χ4v) is 1.66. The van der Waals surface area contributed by atoms with E-state index in [1.807, 2.05) is 32.0 Å². The van der Waals surface area contributed by atoms with E-state index in [9.17, 15) is 9.59 Å². The summed E-state index contributed by atoms with van der Waals surface area (Å²) in [4.78, 5) is 23.8. The molecule has 1 rings (SSSR count). The lowest BCUT2D eigenvalue weighted by Crippen LogP contribution is -2.50. The van der Waals surface area contributed by atoms with Crippen molar-refractivity contribution in [3.63, 3.8) is 0 Å². The van der Waals surface area contributed by atoms with Crippen LogP contribution in [-0.2, 0) is 9.59 Å². The molecule has 3 atom stereocenters. The van der Waals surface area contributed by atoms with E-state index in [1.165, 1.54) is 0 Å². The molecule has 5 nitrogen and oxygen atoms in total. The predicted octanol–water partition coefficient (Wildman–Crippen LogP) is 1.92. The van der Waals surface area contributed by atoms with Gasteiger partial charge in [-0.05, 0) is 25.0 Å². The largest absolute Gasteiger partial charge is 0.343 e. The van der Waals surface area contributed by atoms with Crippen LogP contribution in [0.3, 0.4) is 0 Å². The average Bonchev–Trinajstić information content (AvgIpc) is 2.46. The highest BCUT2D eigenvalue weighted by Gasteiger charge is 2.23. The van der Waals surface area contributed by atoms with Gasteiger partial charge in [0.2, 0.25) is 11.8 Å². The zero-order valence-corrected chi connectivity index (χ0v) is 13.4. The number of carbonyl (C=O) groups is 2. The number of anilines is 1. The number of hydrogen-bond donors (Lipinski definition) is 3. The molecule has 0 bridgehead atoms. The highest BCUT2D eigenvalue weighted by Crippen LogP contribution is 2.07. The Balaban J connectivity index is 0.00000400. The first kappa shape index (κ1) is 19.4. The predicted molar refractivity (Wildman–Crippen MR) is 87.4 cm³/mol. The Bertz CT molecular complexity index is 453. The van der Waals surface area contributed by atoms with Gasteiger partial charge in [-0.3, -0.25) is 9.59 Å². The Kier molecular flexibility index (Phi) is 8.66. The molecule has 118 valence electrons. The second-order valence-corrected chi connectivity index (χ2v) is 5.00. The molecular weight excluding hydrogens is 290 g/mol. The summed E-state index contributed by atoms with van der Waals surface area (Å²) in [6, 6.07) is 7.89. The zero-order chi connectivity index (χ0) is 15.1. The molecule has 0 heterocycles.